The minimum Gasteiger partial charge on any atom is -0.456 e. The van der Waals surface area contributed by atoms with Gasteiger partial charge >= 0.3 is 0 Å². The van der Waals surface area contributed by atoms with Crippen LogP contribution >= 0.6 is 0 Å². The van der Waals surface area contributed by atoms with Crippen LogP contribution in [0.4, 0.5) is 0 Å². The third kappa shape index (κ3) is 3.01. The molecule has 136 valence electrons. The Kier molecular flexibility index (Phi) is 4.07. The van der Waals surface area contributed by atoms with Crippen LogP contribution in [0.3, 0.4) is 0 Å². The minimum atomic E-state index is 0.0542. The van der Waals surface area contributed by atoms with E-state index >= 15 is 0 Å². The summed E-state index contributed by atoms with van der Waals surface area (Å²) in [6.07, 6.45) is 5.48. The lowest BCUT2D eigenvalue weighted by molar-refractivity contribution is 0.200. The molecule has 2 atom stereocenters. The molecule has 0 spiro atoms. The fourth-order valence-corrected chi connectivity index (χ4v) is 4.14. The highest BCUT2D eigenvalue weighted by molar-refractivity contribution is 6.07. The zero-order chi connectivity index (χ0) is 18.5. The molecule has 2 aromatic carbocycles. The summed E-state index contributed by atoms with van der Waals surface area (Å²) in [4.78, 5) is 2.20. The van der Waals surface area contributed by atoms with Crippen molar-refractivity contribution in [1.29, 1.82) is 0 Å². The van der Waals surface area contributed by atoms with Crippen molar-refractivity contribution in [3.63, 3.8) is 0 Å². The van der Waals surface area contributed by atoms with Crippen LogP contribution in [0.2, 0.25) is 0 Å². The number of nitrogens with one attached hydrogen (secondary N) is 1. The lowest BCUT2D eigenvalue weighted by atomic mass is 9.88. The molecule has 2 heterocycles. The third-order valence-electron chi connectivity index (χ3n) is 5.14. The first-order valence-corrected chi connectivity index (χ1v) is 9.44. The van der Waals surface area contributed by atoms with Gasteiger partial charge in [-0.25, -0.2) is 0 Å². The van der Waals surface area contributed by atoms with Gasteiger partial charge in [0.05, 0.1) is 0 Å². The molecule has 0 saturated heterocycles. The van der Waals surface area contributed by atoms with Crippen LogP contribution in [0.25, 0.3) is 27.8 Å². The second kappa shape index (κ2) is 6.17. The van der Waals surface area contributed by atoms with Gasteiger partial charge in [0.1, 0.15) is 17.5 Å². The Morgan fingerprint density at radius 3 is 2.65 bits per heavy atom. The molecule has 0 saturated carbocycles. The summed E-state index contributed by atoms with van der Waals surface area (Å²) in [5.41, 5.74) is 2.48. The SMILES string of the molecule is C[C@H](CC(C)(C)C)NC1c2oc3c(ccc4ccccc43)c2C=CN1C. The van der Waals surface area contributed by atoms with E-state index in [2.05, 4.69) is 93.6 Å². The van der Waals surface area contributed by atoms with Crippen LogP contribution in [0.15, 0.2) is 47.0 Å². The number of hydrogen-bond donors (Lipinski definition) is 1. The molecule has 1 aromatic heterocycles. The molecular weight excluding hydrogens is 320 g/mol. The molecule has 0 bridgehead atoms. The molecule has 4 rings (SSSR count). The molecule has 1 aliphatic heterocycles. The maximum Gasteiger partial charge on any atom is 0.149 e. The average molecular weight is 348 g/mol. The summed E-state index contributed by atoms with van der Waals surface area (Å²) >= 11 is 0. The maximum absolute atomic E-state index is 6.46. The van der Waals surface area contributed by atoms with E-state index in [1.54, 1.807) is 0 Å². The molecular formula is C23H28N2O. The largest absolute Gasteiger partial charge is 0.456 e. The number of nitrogens with zero attached hydrogens (tertiary/aromatic N) is 1. The Labute approximate surface area is 155 Å². The monoisotopic (exact) mass is 348 g/mol. The minimum absolute atomic E-state index is 0.0542. The van der Waals surface area contributed by atoms with Crippen LogP contribution in [0.5, 0.6) is 0 Å². The summed E-state index contributed by atoms with van der Waals surface area (Å²) in [6.45, 7) is 9.12. The Hall–Kier alpha value is -2.26. The van der Waals surface area contributed by atoms with Crippen LogP contribution in [0, 0.1) is 5.41 Å². The zero-order valence-corrected chi connectivity index (χ0v) is 16.3. The van der Waals surface area contributed by atoms with E-state index < -0.39 is 0 Å². The molecule has 0 fully saturated rings. The Morgan fingerprint density at radius 1 is 1.12 bits per heavy atom. The van der Waals surface area contributed by atoms with Crippen LogP contribution < -0.4 is 5.32 Å². The summed E-state index contributed by atoms with van der Waals surface area (Å²) < 4.78 is 6.46. The van der Waals surface area contributed by atoms with E-state index in [1.807, 2.05) is 0 Å². The lowest BCUT2D eigenvalue weighted by Gasteiger charge is -2.34. The van der Waals surface area contributed by atoms with Crippen molar-refractivity contribution >= 4 is 27.8 Å². The number of benzene rings is 2. The molecule has 1 aliphatic rings. The van der Waals surface area contributed by atoms with E-state index in [9.17, 15) is 0 Å². The summed E-state index contributed by atoms with van der Waals surface area (Å²) in [7, 11) is 2.10. The molecule has 0 radical (unpaired) electrons. The first-order chi connectivity index (χ1) is 12.3. The molecule has 3 heteroatoms. The zero-order valence-electron chi connectivity index (χ0n) is 16.3. The van der Waals surface area contributed by atoms with Gasteiger partial charge in [-0.3, -0.25) is 5.32 Å². The number of fused-ring (bicyclic) bond motifs is 5. The van der Waals surface area contributed by atoms with Gasteiger partial charge in [0.2, 0.25) is 0 Å². The van der Waals surface area contributed by atoms with Crippen LogP contribution in [-0.4, -0.2) is 18.0 Å². The molecule has 1 N–H and O–H groups in total. The Morgan fingerprint density at radius 2 is 1.88 bits per heavy atom. The predicted molar refractivity (Wildman–Crippen MR) is 110 cm³/mol. The second-order valence-electron chi connectivity index (χ2n) is 8.76. The highest BCUT2D eigenvalue weighted by atomic mass is 16.3. The van der Waals surface area contributed by atoms with E-state index in [0.717, 1.165) is 17.8 Å². The molecule has 3 nitrogen and oxygen atoms in total. The first-order valence-electron chi connectivity index (χ1n) is 9.44. The maximum atomic E-state index is 6.46. The van der Waals surface area contributed by atoms with E-state index in [4.69, 9.17) is 4.42 Å². The predicted octanol–water partition coefficient (Wildman–Crippen LogP) is 5.92. The summed E-state index contributed by atoms with van der Waals surface area (Å²) in [6, 6.07) is 13.2. The van der Waals surface area contributed by atoms with Gasteiger partial charge in [-0.2, -0.15) is 0 Å². The van der Waals surface area contributed by atoms with E-state index in [-0.39, 0.29) is 6.17 Å². The average Bonchev–Trinajstić information content (AvgIpc) is 2.95. The fraction of sp³-hybridized carbons (Fsp3) is 0.391. The molecule has 1 unspecified atom stereocenters. The number of rotatable bonds is 3. The standard InChI is InChI=1S/C23H28N2O/c1-15(14-23(2,3)4)24-22-21-19(12-13-25(22)5)18-11-10-16-8-6-7-9-17(16)20(18)26-21/h6-13,15,22,24H,14H2,1-5H3/t15-,22?/m1/s1. The van der Waals surface area contributed by atoms with Gasteiger partial charge in [-0.05, 0) is 36.3 Å². The van der Waals surface area contributed by atoms with Gasteiger partial charge in [0, 0.05) is 35.6 Å². The van der Waals surface area contributed by atoms with Crippen molar-refractivity contribution in [2.75, 3.05) is 7.05 Å². The number of furan rings is 1. The normalized spacial score (nSPS) is 18.5. The van der Waals surface area contributed by atoms with Gasteiger partial charge in [-0.1, -0.05) is 51.1 Å². The fourth-order valence-electron chi connectivity index (χ4n) is 4.14. The van der Waals surface area contributed by atoms with Crippen molar-refractivity contribution in [3.05, 3.63) is 53.9 Å². The van der Waals surface area contributed by atoms with Gasteiger partial charge in [0.15, 0.2) is 0 Å². The van der Waals surface area contributed by atoms with Gasteiger partial charge < -0.3 is 9.32 Å². The van der Waals surface area contributed by atoms with E-state index in [0.29, 0.717) is 11.5 Å². The molecule has 26 heavy (non-hydrogen) atoms. The quantitative estimate of drug-likeness (QED) is 0.637. The van der Waals surface area contributed by atoms with Crippen molar-refractivity contribution < 1.29 is 4.42 Å². The van der Waals surface area contributed by atoms with Crippen LogP contribution in [-0.2, 0) is 0 Å². The lowest BCUT2D eigenvalue weighted by Crippen LogP contribution is -2.40. The van der Waals surface area contributed by atoms with Crippen molar-refractivity contribution in [2.45, 2.75) is 46.3 Å². The molecule has 0 aliphatic carbocycles. The Bertz CT molecular complexity index is 977. The third-order valence-corrected chi connectivity index (χ3v) is 5.14. The summed E-state index contributed by atoms with van der Waals surface area (Å²) in [5.74, 6) is 1.02. The topological polar surface area (TPSA) is 28.4 Å². The van der Waals surface area contributed by atoms with Crippen LogP contribution in [0.1, 0.15) is 51.6 Å². The van der Waals surface area contributed by atoms with Crippen molar-refractivity contribution in [1.82, 2.24) is 10.2 Å². The second-order valence-corrected chi connectivity index (χ2v) is 8.76. The summed E-state index contributed by atoms with van der Waals surface area (Å²) in [5, 5.41) is 7.36. The van der Waals surface area contributed by atoms with Gasteiger partial charge in [0.25, 0.3) is 0 Å². The molecule has 0 amide bonds. The van der Waals surface area contributed by atoms with E-state index in [1.165, 1.54) is 21.7 Å². The first kappa shape index (κ1) is 17.2. The van der Waals surface area contributed by atoms with Crippen molar-refractivity contribution in [2.24, 2.45) is 5.41 Å². The van der Waals surface area contributed by atoms with Crippen molar-refractivity contribution in [3.8, 4) is 0 Å². The van der Waals surface area contributed by atoms with Gasteiger partial charge in [-0.15, -0.1) is 0 Å². The highest BCUT2D eigenvalue weighted by Crippen LogP contribution is 2.39. The number of hydrogen-bond acceptors (Lipinski definition) is 3. The highest BCUT2D eigenvalue weighted by Gasteiger charge is 2.29. The smallest absolute Gasteiger partial charge is 0.149 e. The Balaban J connectivity index is 1.78. The molecule has 3 aromatic rings.